The summed E-state index contributed by atoms with van der Waals surface area (Å²) in [6.07, 6.45) is 0. The topological polar surface area (TPSA) is 75.6 Å². The molecule has 8 heteroatoms. The second kappa shape index (κ2) is 14.6. The molecule has 0 saturated heterocycles. The van der Waals surface area contributed by atoms with Crippen molar-refractivity contribution >= 4 is 23.8 Å². The molecular formula is C26H31O7P. The zero-order chi connectivity index (χ0) is 24.0. The zero-order valence-corrected chi connectivity index (χ0v) is 20.4. The summed E-state index contributed by atoms with van der Waals surface area (Å²) in [4.78, 5) is 0. The number of methoxy groups -OCH3 is 2. The van der Waals surface area contributed by atoms with Gasteiger partial charge in [-0.05, 0) is 26.1 Å². The first-order chi connectivity index (χ1) is 16.8. The van der Waals surface area contributed by atoms with E-state index in [0.717, 1.165) is 15.9 Å². The minimum absolute atomic E-state index is 0.0931. The van der Waals surface area contributed by atoms with Crippen LogP contribution >= 0.6 is 7.92 Å². The fourth-order valence-electron chi connectivity index (χ4n) is 3.18. The molecule has 3 rings (SSSR count). The van der Waals surface area contributed by atoms with E-state index in [1.165, 1.54) is 0 Å². The average Bonchev–Trinajstić information content (AvgIpc) is 2.87. The van der Waals surface area contributed by atoms with Crippen LogP contribution in [-0.2, 0) is 18.9 Å². The standard InChI is InChI=1S/C26H31O7P/c1-28-15-17-30-19-32-22-10-4-7-13-25(22)34(24-12-6-3-9-21(24)27)26-14-8-5-11-23(26)33-20-31-18-16-29-2/h3-14,27H,15-20H2,1-2H3. The summed E-state index contributed by atoms with van der Waals surface area (Å²) in [5.41, 5.74) is 0. The predicted octanol–water partition coefficient (Wildman–Crippen LogP) is 3.15. The van der Waals surface area contributed by atoms with E-state index in [1.54, 1.807) is 20.3 Å². The van der Waals surface area contributed by atoms with Gasteiger partial charge < -0.3 is 33.5 Å². The number of phenols is 1. The highest BCUT2D eigenvalue weighted by molar-refractivity contribution is 7.80. The Morgan fingerprint density at radius 3 is 1.50 bits per heavy atom. The van der Waals surface area contributed by atoms with Gasteiger partial charge in [0.05, 0.1) is 26.4 Å². The highest BCUT2D eigenvalue weighted by Gasteiger charge is 2.25. The third-order valence-corrected chi connectivity index (χ3v) is 7.36. The van der Waals surface area contributed by atoms with Gasteiger partial charge in [-0.1, -0.05) is 54.6 Å². The molecule has 34 heavy (non-hydrogen) atoms. The van der Waals surface area contributed by atoms with E-state index < -0.39 is 7.92 Å². The van der Waals surface area contributed by atoms with Gasteiger partial charge >= 0.3 is 0 Å². The average molecular weight is 487 g/mol. The van der Waals surface area contributed by atoms with Crippen molar-refractivity contribution in [2.24, 2.45) is 0 Å². The molecule has 0 bridgehead atoms. The quantitative estimate of drug-likeness (QED) is 0.201. The summed E-state index contributed by atoms with van der Waals surface area (Å²) in [5, 5.41) is 13.5. The molecule has 0 heterocycles. The summed E-state index contributed by atoms with van der Waals surface area (Å²) >= 11 is 0. The van der Waals surface area contributed by atoms with Crippen LogP contribution in [0.5, 0.6) is 17.2 Å². The second-order valence-corrected chi connectivity index (χ2v) is 9.20. The number of hydrogen-bond acceptors (Lipinski definition) is 7. The lowest BCUT2D eigenvalue weighted by atomic mass is 10.3. The fourth-order valence-corrected chi connectivity index (χ4v) is 5.69. The van der Waals surface area contributed by atoms with Gasteiger partial charge in [0, 0.05) is 30.1 Å². The number of para-hydroxylation sites is 3. The number of rotatable bonds is 15. The van der Waals surface area contributed by atoms with Crippen molar-refractivity contribution in [1.29, 1.82) is 0 Å². The number of aromatic hydroxyl groups is 1. The monoisotopic (exact) mass is 486 g/mol. The zero-order valence-electron chi connectivity index (χ0n) is 19.5. The van der Waals surface area contributed by atoms with E-state index >= 15 is 0 Å². The molecule has 182 valence electrons. The molecule has 0 amide bonds. The molecule has 0 fully saturated rings. The Hall–Kier alpha value is -2.67. The Balaban J connectivity index is 1.94. The van der Waals surface area contributed by atoms with Gasteiger partial charge in [-0.15, -0.1) is 0 Å². The van der Waals surface area contributed by atoms with Crippen molar-refractivity contribution in [2.75, 3.05) is 54.2 Å². The van der Waals surface area contributed by atoms with Gasteiger partial charge in [-0.25, -0.2) is 0 Å². The SMILES string of the molecule is COCCOCOc1ccccc1P(c1ccccc1O)c1ccccc1OCOCCOC. The first kappa shape index (κ1) is 25.9. The molecule has 0 saturated carbocycles. The van der Waals surface area contributed by atoms with E-state index in [9.17, 15) is 5.11 Å². The minimum atomic E-state index is -1.22. The molecular weight excluding hydrogens is 455 g/mol. The molecule has 0 atom stereocenters. The lowest BCUT2D eigenvalue weighted by Crippen LogP contribution is -2.25. The highest BCUT2D eigenvalue weighted by atomic mass is 31.1. The molecule has 1 N–H and O–H groups in total. The van der Waals surface area contributed by atoms with Crippen LogP contribution in [0.15, 0.2) is 72.8 Å². The maximum Gasteiger partial charge on any atom is 0.189 e. The van der Waals surface area contributed by atoms with Gasteiger partial charge in [-0.2, -0.15) is 0 Å². The van der Waals surface area contributed by atoms with Crippen LogP contribution in [0.3, 0.4) is 0 Å². The summed E-state index contributed by atoms with van der Waals surface area (Å²) < 4.78 is 33.0. The molecule has 0 spiro atoms. The van der Waals surface area contributed by atoms with Crippen LogP contribution in [0, 0.1) is 0 Å². The number of ether oxygens (including phenoxy) is 6. The van der Waals surface area contributed by atoms with Crippen LogP contribution in [0.2, 0.25) is 0 Å². The van der Waals surface area contributed by atoms with Crippen LogP contribution in [-0.4, -0.2) is 59.3 Å². The van der Waals surface area contributed by atoms with Crippen molar-refractivity contribution in [3.05, 3.63) is 72.8 Å². The van der Waals surface area contributed by atoms with Crippen molar-refractivity contribution < 1.29 is 33.5 Å². The Morgan fingerprint density at radius 1 is 0.588 bits per heavy atom. The molecule has 3 aromatic rings. The predicted molar refractivity (Wildman–Crippen MR) is 133 cm³/mol. The molecule has 3 aromatic carbocycles. The molecule has 0 radical (unpaired) electrons. The maximum absolute atomic E-state index is 10.8. The molecule has 0 aliphatic rings. The number of phenolic OH excluding ortho intramolecular Hbond substituents is 1. The first-order valence-corrected chi connectivity index (χ1v) is 12.3. The number of hydrogen-bond donors (Lipinski definition) is 1. The van der Waals surface area contributed by atoms with E-state index in [1.807, 2.05) is 66.7 Å². The highest BCUT2D eigenvalue weighted by Crippen LogP contribution is 2.41. The molecule has 0 aliphatic heterocycles. The summed E-state index contributed by atoms with van der Waals surface area (Å²) in [6, 6.07) is 22.9. The Kier molecular flexibility index (Phi) is 11.1. The summed E-state index contributed by atoms with van der Waals surface area (Å²) in [6.45, 7) is 2.05. The van der Waals surface area contributed by atoms with Crippen molar-refractivity contribution in [3.63, 3.8) is 0 Å². The number of benzene rings is 3. The lowest BCUT2D eigenvalue weighted by Gasteiger charge is -2.24. The Labute approximate surface area is 201 Å². The van der Waals surface area contributed by atoms with Crippen molar-refractivity contribution in [2.45, 2.75) is 0 Å². The smallest absolute Gasteiger partial charge is 0.189 e. The van der Waals surface area contributed by atoms with Gasteiger partial charge in [0.15, 0.2) is 13.6 Å². The van der Waals surface area contributed by atoms with Gasteiger partial charge in [0.1, 0.15) is 17.2 Å². The third-order valence-electron chi connectivity index (χ3n) is 4.79. The molecule has 7 nitrogen and oxygen atoms in total. The first-order valence-electron chi connectivity index (χ1n) is 10.9. The van der Waals surface area contributed by atoms with Gasteiger partial charge in [-0.3, -0.25) is 0 Å². The van der Waals surface area contributed by atoms with Gasteiger partial charge in [0.2, 0.25) is 0 Å². The van der Waals surface area contributed by atoms with Gasteiger partial charge in [0.25, 0.3) is 0 Å². The lowest BCUT2D eigenvalue weighted by molar-refractivity contribution is -0.00801. The van der Waals surface area contributed by atoms with Crippen LogP contribution in [0.4, 0.5) is 0 Å². The molecule has 0 aliphatic carbocycles. The Bertz CT molecular complexity index is 941. The van der Waals surface area contributed by atoms with E-state index in [2.05, 4.69) is 0 Å². The minimum Gasteiger partial charge on any atom is -0.507 e. The van der Waals surface area contributed by atoms with E-state index in [-0.39, 0.29) is 19.3 Å². The maximum atomic E-state index is 10.8. The third kappa shape index (κ3) is 7.42. The van der Waals surface area contributed by atoms with E-state index in [0.29, 0.717) is 37.9 Å². The Morgan fingerprint density at radius 2 is 1.03 bits per heavy atom. The van der Waals surface area contributed by atoms with Crippen molar-refractivity contribution in [1.82, 2.24) is 0 Å². The van der Waals surface area contributed by atoms with Crippen LogP contribution < -0.4 is 25.4 Å². The normalized spacial score (nSPS) is 11.0. The molecule has 0 unspecified atom stereocenters. The fraction of sp³-hybridized carbons (Fsp3) is 0.308. The second-order valence-electron chi connectivity index (χ2n) is 7.09. The largest absolute Gasteiger partial charge is 0.507 e. The van der Waals surface area contributed by atoms with Crippen LogP contribution in [0.25, 0.3) is 0 Å². The molecule has 0 aromatic heterocycles. The van der Waals surface area contributed by atoms with Crippen molar-refractivity contribution in [3.8, 4) is 17.2 Å². The van der Waals surface area contributed by atoms with E-state index in [4.69, 9.17) is 28.4 Å². The van der Waals surface area contributed by atoms with Crippen LogP contribution in [0.1, 0.15) is 0 Å². The summed E-state index contributed by atoms with van der Waals surface area (Å²) in [5.74, 6) is 1.58. The summed E-state index contributed by atoms with van der Waals surface area (Å²) in [7, 11) is 2.03.